The van der Waals surface area contributed by atoms with Crippen LogP contribution in [-0.2, 0) is 18.3 Å². The van der Waals surface area contributed by atoms with Crippen LogP contribution in [0, 0.1) is 6.92 Å². The smallest absolute Gasteiger partial charge is 0.326 e. The lowest BCUT2D eigenvalue weighted by Crippen LogP contribution is -2.42. The Kier molecular flexibility index (Phi) is 4.88. The number of nitrogens with one attached hydrogen (secondary N) is 1. The molecule has 2 atom stereocenters. The Morgan fingerprint density at radius 2 is 2.16 bits per heavy atom. The Balaban J connectivity index is 1.74. The molecule has 0 unspecified atom stereocenters. The van der Waals surface area contributed by atoms with Gasteiger partial charge in [0.2, 0.25) is 0 Å². The maximum atomic E-state index is 12.4. The fourth-order valence-electron chi connectivity index (χ4n) is 3.51. The Morgan fingerprint density at radius 3 is 2.84 bits per heavy atom. The van der Waals surface area contributed by atoms with Crippen LogP contribution in [0.3, 0.4) is 0 Å². The monoisotopic (exact) mass is 341 g/mol. The molecule has 6 heteroatoms. The number of benzene rings is 1. The minimum atomic E-state index is -1.01. The predicted octanol–water partition coefficient (Wildman–Crippen LogP) is 2.42. The van der Waals surface area contributed by atoms with Gasteiger partial charge in [-0.15, -0.1) is 0 Å². The maximum absolute atomic E-state index is 12.4. The van der Waals surface area contributed by atoms with Crippen LogP contribution in [0.2, 0.25) is 0 Å². The quantitative estimate of drug-likeness (QED) is 0.875. The van der Waals surface area contributed by atoms with Crippen molar-refractivity contribution in [1.82, 2.24) is 15.1 Å². The molecule has 0 fully saturated rings. The highest BCUT2D eigenvalue weighted by atomic mass is 16.4. The van der Waals surface area contributed by atoms with E-state index in [-0.39, 0.29) is 11.6 Å². The van der Waals surface area contributed by atoms with Crippen LogP contribution >= 0.6 is 0 Å². The van der Waals surface area contributed by atoms with Crippen molar-refractivity contribution in [3.63, 3.8) is 0 Å². The third kappa shape index (κ3) is 3.73. The van der Waals surface area contributed by atoms with E-state index in [9.17, 15) is 14.7 Å². The molecule has 25 heavy (non-hydrogen) atoms. The zero-order valence-electron chi connectivity index (χ0n) is 14.5. The van der Waals surface area contributed by atoms with Crippen molar-refractivity contribution in [2.45, 2.75) is 44.6 Å². The largest absolute Gasteiger partial charge is 0.480 e. The third-order valence-corrected chi connectivity index (χ3v) is 4.96. The van der Waals surface area contributed by atoms with Crippen LogP contribution in [0.5, 0.6) is 0 Å². The molecule has 132 valence electrons. The summed E-state index contributed by atoms with van der Waals surface area (Å²) in [7, 11) is 1.75. The molecular formula is C19H23N3O3. The van der Waals surface area contributed by atoms with Gasteiger partial charge in [0.25, 0.3) is 5.91 Å². The molecule has 0 aliphatic heterocycles. The lowest BCUT2D eigenvalue weighted by molar-refractivity contribution is -0.139. The highest BCUT2D eigenvalue weighted by Crippen LogP contribution is 2.34. The van der Waals surface area contributed by atoms with E-state index < -0.39 is 17.9 Å². The first kappa shape index (κ1) is 17.2. The van der Waals surface area contributed by atoms with E-state index >= 15 is 0 Å². The maximum Gasteiger partial charge on any atom is 0.326 e. The molecule has 3 rings (SSSR count). The molecule has 1 heterocycles. The molecule has 0 saturated heterocycles. The van der Waals surface area contributed by atoms with Gasteiger partial charge in [-0.2, -0.15) is 5.10 Å². The molecule has 0 saturated carbocycles. The topological polar surface area (TPSA) is 84.2 Å². The van der Waals surface area contributed by atoms with Crippen molar-refractivity contribution in [1.29, 1.82) is 0 Å². The normalized spacial score (nSPS) is 17.6. The Morgan fingerprint density at radius 1 is 1.40 bits per heavy atom. The van der Waals surface area contributed by atoms with Crippen LogP contribution < -0.4 is 5.32 Å². The number of aryl methyl sites for hydroxylation is 3. The molecule has 6 nitrogen and oxygen atoms in total. The zero-order chi connectivity index (χ0) is 18.0. The van der Waals surface area contributed by atoms with Crippen molar-refractivity contribution < 1.29 is 14.7 Å². The van der Waals surface area contributed by atoms with E-state index in [1.54, 1.807) is 17.8 Å². The first-order valence-electron chi connectivity index (χ1n) is 8.58. The molecule has 0 bridgehead atoms. The Labute approximate surface area is 146 Å². The molecule has 2 N–H and O–H groups in total. The van der Waals surface area contributed by atoms with Crippen LogP contribution in [0.1, 0.15) is 52.5 Å². The second kappa shape index (κ2) is 7.09. The van der Waals surface area contributed by atoms with Gasteiger partial charge in [0.15, 0.2) is 0 Å². The van der Waals surface area contributed by atoms with E-state index in [1.165, 1.54) is 11.1 Å². The molecule has 1 aromatic heterocycles. The van der Waals surface area contributed by atoms with E-state index in [1.807, 2.05) is 19.1 Å². The molecule has 2 aromatic rings. The summed E-state index contributed by atoms with van der Waals surface area (Å²) in [5, 5.41) is 16.3. The van der Waals surface area contributed by atoms with E-state index in [2.05, 4.69) is 22.5 Å². The second-order valence-electron chi connectivity index (χ2n) is 6.68. The standard InChI is InChI=1S/C19H23N3O3/c1-12-10-16(21-22(12)2)18(23)20-17(19(24)25)11-14-8-5-7-13-6-3-4-9-15(13)14/h3-4,6,9-10,14,17H,5,7-8,11H2,1-2H3,(H,20,23)(H,24,25)/t14-,17+/m1/s1. The number of hydrogen-bond acceptors (Lipinski definition) is 3. The summed E-state index contributed by atoms with van der Waals surface area (Å²) >= 11 is 0. The summed E-state index contributed by atoms with van der Waals surface area (Å²) in [5.74, 6) is -1.30. The molecule has 1 amide bonds. The van der Waals surface area contributed by atoms with Crippen molar-refractivity contribution in [3.8, 4) is 0 Å². The van der Waals surface area contributed by atoms with Gasteiger partial charge in [-0.1, -0.05) is 24.3 Å². The summed E-state index contributed by atoms with van der Waals surface area (Å²) in [5.41, 5.74) is 3.59. The fourth-order valence-corrected chi connectivity index (χ4v) is 3.51. The van der Waals surface area contributed by atoms with E-state index in [4.69, 9.17) is 0 Å². The Hall–Kier alpha value is -2.63. The van der Waals surface area contributed by atoms with Gasteiger partial charge in [0.1, 0.15) is 11.7 Å². The number of carbonyl (C=O) groups excluding carboxylic acids is 1. The number of carboxylic acids is 1. The molecule has 1 aromatic carbocycles. The average Bonchev–Trinajstić information content (AvgIpc) is 2.93. The molecular weight excluding hydrogens is 318 g/mol. The lowest BCUT2D eigenvalue weighted by Gasteiger charge is -2.27. The average molecular weight is 341 g/mol. The van der Waals surface area contributed by atoms with E-state index in [0.717, 1.165) is 25.0 Å². The number of rotatable bonds is 5. The summed E-state index contributed by atoms with van der Waals surface area (Å²) in [4.78, 5) is 24.0. The molecule has 0 spiro atoms. The number of fused-ring (bicyclic) bond motifs is 1. The van der Waals surface area contributed by atoms with Crippen molar-refractivity contribution in [2.75, 3.05) is 0 Å². The van der Waals surface area contributed by atoms with Gasteiger partial charge in [0, 0.05) is 12.7 Å². The minimum Gasteiger partial charge on any atom is -0.480 e. The minimum absolute atomic E-state index is 0.150. The number of hydrogen-bond donors (Lipinski definition) is 2. The van der Waals surface area contributed by atoms with Crippen LogP contribution in [-0.4, -0.2) is 32.8 Å². The number of aliphatic carboxylic acids is 1. The first-order chi connectivity index (χ1) is 12.0. The fraction of sp³-hybridized carbons (Fsp3) is 0.421. The van der Waals surface area contributed by atoms with Gasteiger partial charge in [-0.05, 0) is 55.7 Å². The second-order valence-corrected chi connectivity index (χ2v) is 6.68. The number of nitrogens with zero attached hydrogens (tertiary/aromatic N) is 2. The van der Waals surface area contributed by atoms with Gasteiger partial charge in [-0.3, -0.25) is 9.48 Å². The summed E-state index contributed by atoms with van der Waals surface area (Å²) in [6.45, 7) is 1.84. The molecule has 1 aliphatic rings. The van der Waals surface area contributed by atoms with Crippen LogP contribution in [0.25, 0.3) is 0 Å². The van der Waals surface area contributed by atoms with E-state index in [0.29, 0.717) is 6.42 Å². The first-order valence-corrected chi connectivity index (χ1v) is 8.58. The number of carbonyl (C=O) groups is 2. The number of aromatic nitrogens is 2. The summed E-state index contributed by atoms with van der Waals surface area (Å²) < 4.78 is 1.60. The summed E-state index contributed by atoms with van der Waals surface area (Å²) in [6.07, 6.45) is 3.41. The van der Waals surface area contributed by atoms with Gasteiger partial charge >= 0.3 is 5.97 Å². The van der Waals surface area contributed by atoms with Gasteiger partial charge in [0.05, 0.1) is 0 Å². The third-order valence-electron chi connectivity index (χ3n) is 4.96. The number of carboxylic acid groups (broad SMARTS) is 1. The number of amides is 1. The van der Waals surface area contributed by atoms with Crippen LogP contribution in [0.4, 0.5) is 0 Å². The molecule has 1 aliphatic carbocycles. The van der Waals surface area contributed by atoms with Crippen LogP contribution in [0.15, 0.2) is 30.3 Å². The predicted molar refractivity (Wildman–Crippen MR) is 93.6 cm³/mol. The van der Waals surface area contributed by atoms with Gasteiger partial charge < -0.3 is 10.4 Å². The highest BCUT2D eigenvalue weighted by molar-refractivity contribution is 5.95. The Bertz CT molecular complexity index is 777. The van der Waals surface area contributed by atoms with Crippen molar-refractivity contribution in [2.24, 2.45) is 7.05 Å². The van der Waals surface area contributed by atoms with Crippen molar-refractivity contribution in [3.05, 3.63) is 52.8 Å². The SMILES string of the molecule is Cc1cc(C(=O)N[C@@H](C[C@H]2CCCc3ccccc32)C(=O)O)nn1C. The lowest BCUT2D eigenvalue weighted by atomic mass is 9.79. The molecule has 0 radical (unpaired) electrons. The summed E-state index contributed by atoms with van der Waals surface area (Å²) in [6, 6.07) is 8.91. The zero-order valence-corrected chi connectivity index (χ0v) is 14.5. The highest BCUT2D eigenvalue weighted by Gasteiger charge is 2.28. The van der Waals surface area contributed by atoms with Crippen molar-refractivity contribution >= 4 is 11.9 Å². The van der Waals surface area contributed by atoms with Gasteiger partial charge in [-0.25, -0.2) is 4.79 Å².